The van der Waals surface area contributed by atoms with E-state index in [-0.39, 0.29) is 10.8 Å². The quantitative estimate of drug-likeness (QED) is 0.843. The smallest absolute Gasteiger partial charge is 0.250 e. The molecule has 2 rings (SSSR count). The number of hydrogen-bond acceptors (Lipinski definition) is 4. The highest BCUT2D eigenvalue weighted by molar-refractivity contribution is 7.91. The average molecular weight is 328 g/mol. The summed E-state index contributed by atoms with van der Waals surface area (Å²) in [5, 5.41) is 4.09. The summed E-state index contributed by atoms with van der Waals surface area (Å²) in [5.41, 5.74) is 0.340. The molecule has 2 N–H and O–H groups in total. The summed E-state index contributed by atoms with van der Waals surface area (Å²) in [6.07, 6.45) is 0. The molecule has 1 heterocycles. The Balaban J connectivity index is 1.85. The van der Waals surface area contributed by atoms with E-state index < -0.39 is 28.3 Å². The van der Waals surface area contributed by atoms with E-state index in [1.165, 1.54) is 12.1 Å². The summed E-state index contributed by atoms with van der Waals surface area (Å²) >= 11 is 1.06. The number of carbonyl (C=O) groups is 1. The summed E-state index contributed by atoms with van der Waals surface area (Å²) in [5.74, 6) is -0.949. The van der Waals surface area contributed by atoms with Gasteiger partial charge in [-0.2, -0.15) is 0 Å². The van der Waals surface area contributed by atoms with Gasteiger partial charge < -0.3 is 5.32 Å². The first-order valence-electron chi connectivity index (χ1n) is 6.02. The summed E-state index contributed by atoms with van der Waals surface area (Å²) in [6.45, 7) is -0.388. The number of hydrogen-bond donors (Lipinski definition) is 2. The second-order valence-electron chi connectivity index (χ2n) is 4.12. The fourth-order valence-electron chi connectivity index (χ4n) is 1.55. The highest BCUT2D eigenvalue weighted by Gasteiger charge is 2.16. The van der Waals surface area contributed by atoms with Gasteiger partial charge in [0.05, 0.1) is 6.54 Å². The number of halogens is 1. The molecule has 0 unspecified atom stereocenters. The SMILES string of the molecule is O=C(CNS(=O)(=O)c1cccs1)NCc1ccccc1F. The van der Waals surface area contributed by atoms with Crippen molar-refractivity contribution in [1.82, 2.24) is 10.0 Å². The molecule has 0 saturated heterocycles. The second kappa shape index (κ2) is 6.79. The van der Waals surface area contributed by atoms with Gasteiger partial charge in [0.2, 0.25) is 5.91 Å². The highest BCUT2D eigenvalue weighted by Crippen LogP contribution is 2.14. The van der Waals surface area contributed by atoms with Crippen LogP contribution in [0.5, 0.6) is 0 Å². The van der Waals surface area contributed by atoms with Crippen molar-refractivity contribution in [1.29, 1.82) is 0 Å². The van der Waals surface area contributed by atoms with Crippen molar-refractivity contribution < 1.29 is 17.6 Å². The standard InChI is InChI=1S/C13H13FN2O3S2/c14-11-5-2-1-4-10(11)8-15-12(17)9-16-21(18,19)13-6-3-7-20-13/h1-7,16H,8-9H2,(H,15,17). The molecule has 1 aromatic heterocycles. The molecule has 0 aliphatic rings. The van der Waals surface area contributed by atoms with Gasteiger partial charge in [-0.25, -0.2) is 17.5 Å². The van der Waals surface area contributed by atoms with E-state index in [9.17, 15) is 17.6 Å². The Labute approximate surface area is 125 Å². The van der Waals surface area contributed by atoms with Gasteiger partial charge in [0.1, 0.15) is 10.0 Å². The third kappa shape index (κ3) is 4.35. The molecule has 1 amide bonds. The number of rotatable bonds is 6. The minimum Gasteiger partial charge on any atom is -0.351 e. The van der Waals surface area contributed by atoms with E-state index in [1.807, 2.05) is 0 Å². The molecule has 0 fully saturated rings. The van der Waals surface area contributed by atoms with Crippen LogP contribution in [0.1, 0.15) is 5.56 Å². The average Bonchev–Trinajstić information content (AvgIpc) is 2.99. The zero-order chi connectivity index (χ0) is 15.3. The lowest BCUT2D eigenvalue weighted by Gasteiger charge is -2.07. The predicted octanol–water partition coefficient (Wildman–Crippen LogP) is 1.48. The Bertz CT molecular complexity index is 715. The van der Waals surface area contributed by atoms with Crippen molar-refractivity contribution in [3.63, 3.8) is 0 Å². The number of amides is 1. The minimum absolute atomic E-state index is 0.00619. The van der Waals surface area contributed by atoms with Gasteiger partial charge in [-0.15, -0.1) is 11.3 Å². The lowest BCUT2D eigenvalue weighted by atomic mass is 10.2. The fraction of sp³-hybridized carbons (Fsp3) is 0.154. The monoisotopic (exact) mass is 328 g/mol. The molecule has 1 aromatic carbocycles. The van der Waals surface area contributed by atoms with Crippen LogP contribution in [0.3, 0.4) is 0 Å². The number of thiophene rings is 1. The van der Waals surface area contributed by atoms with E-state index >= 15 is 0 Å². The Hall–Kier alpha value is -1.77. The van der Waals surface area contributed by atoms with Crippen LogP contribution in [0, 0.1) is 5.82 Å². The van der Waals surface area contributed by atoms with Gasteiger partial charge in [-0.05, 0) is 17.5 Å². The molecule has 0 saturated carbocycles. The van der Waals surface area contributed by atoms with Crippen LogP contribution in [-0.2, 0) is 21.4 Å². The van der Waals surface area contributed by atoms with Gasteiger partial charge in [-0.3, -0.25) is 4.79 Å². The van der Waals surface area contributed by atoms with Crippen molar-refractivity contribution >= 4 is 27.3 Å². The third-order valence-corrected chi connectivity index (χ3v) is 5.42. The van der Waals surface area contributed by atoms with Crippen LogP contribution in [-0.4, -0.2) is 20.9 Å². The van der Waals surface area contributed by atoms with Crippen molar-refractivity contribution in [2.45, 2.75) is 10.8 Å². The van der Waals surface area contributed by atoms with Crippen LogP contribution in [0.15, 0.2) is 46.0 Å². The van der Waals surface area contributed by atoms with Crippen molar-refractivity contribution in [2.75, 3.05) is 6.54 Å². The zero-order valence-corrected chi connectivity index (χ0v) is 12.5. The summed E-state index contributed by atoms with van der Waals surface area (Å²) in [4.78, 5) is 11.6. The largest absolute Gasteiger partial charge is 0.351 e. The maximum Gasteiger partial charge on any atom is 0.250 e. The molecule has 21 heavy (non-hydrogen) atoms. The fourth-order valence-corrected chi connectivity index (χ4v) is 3.57. The number of nitrogens with one attached hydrogen (secondary N) is 2. The Morgan fingerprint density at radius 1 is 1.19 bits per heavy atom. The lowest BCUT2D eigenvalue weighted by Crippen LogP contribution is -2.36. The Morgan fingerprint density at radius 3 is 2.62 bits per heavy atom. The third-order valence-electron chi connectivity index (χ3n) is 2.62. The molecule has 0 aliphatic heterocycles. The topological polar surface area (TPSA) is 75.3 Å². The number of benzene rings is 1. The van der Waals surface area contributed by atoms with Gasteiger partial charge in [0.15, 0.2) is 0 Å². The van der Waals surface area contributed by atoms with Gasteiger partial charge in [0, 0.05) is 12.1 Å². The van der Waals surface area contributed by atoms with E-state index in [2.05, 4.69) is 10.0 Å². The summed E-state index contributed by atoms with van der Waals surface area (Å²) < 4.78 is 39.2. The van der Waals surface area contributed by atoms with Crippen molar-refractivity contribution in [2.24, 2.45) is 0 Å². The van der Waals surface area contributed by atoms with Crippen molar-refractivity contribution in [3.05, 3.63) is 53.2 Å². The van der Waals surface area contributed by atoms with Crippen LogP contribution in [0.25, 0.3) is 0 Å². The van der Waals surface area contributed by atoms with Gasteiger partial charge in [-0.1, -0.05) is 24.3 Å². The van der Waals surface area contributed by atoms with Crippen molar-refractivity contribution in [3.8, 4) is 0 Å². The molecule has 0 atom stereocenters. The molecule has 0 radical (unpaired) electrons. The highest BCUT2D eigenvalue weighted by atomic mass is 32.2. The first kappa shape index (κ1) is 15.6. The first-order chi connectivity index (χ1) is 9.99. The molecule has 2 aromatic rings. The first-order valence-corrected chi connectivity index (χ1v) is 8.38. The molecular formula is C13H13FN2O3S2. The van der Waals surface area contributed by atoms with Crippen LogP contribution in [0.2, 0.25) is 0 Å². The van der Waals surface area contributed by atoms with E-state index in [4.69, 9.17) is 0 Å². The van der Waals surface area contributed by atoms with E-state index in [0.717, 1.165) is 11.3 Å². The normalized spacial score (nSPS) is 11.3. The molecule has 5 nitrogen and oxygen atoms in total. The minimum atomic E-state index is -3.67. The maximum absolute atomic E-state index is 13.3. The molecule has 0 aliphatic carbocycles. The number of sulfonamides is 1. The zero-order valence-electron chi connectivity index (χ0n) is 10.9. The Morgan fingerprint density at radius 2 is 1.95 bits per heavy atom. The molecular weight excluding hydrogens is 315 g/mol. The van der Waals surface area contributed by atoms with Crippen LogP contribution in [0.4, 0.5) is 4.39 Å². The Kier molecular flexibility index (Phi) is 5.05. The second-order valence-corrected chi connectivity index (χ2v) is 7.07. The van der Waals surface area contributed by atoms with Crippen LogP contribution >= 0.6 is 11.3 Å². The van der Waals surface area contributed by atoms with Gasteiger partial charge >= 0.3 is 0 Å². The molecule has 8 heteroatoms. The van der Waals surface area contributed by atoms with Crippen LogP contribution < -0.4 is 10.0 Å². The van der Waals surface area contributed by atoms with E-state index in [0.29, 0.717) is 5.56 Å². The molecule has 0 bridgehead atoms. The maximum atomic E-state index is 13.3. The van der Waals surface area contributed by atoms with E-state index in [1.54, 1.807) is 29.6 Å². The molecule has 0 spiro atoms. The summed E-state index contributed by atoms with van der Waals surface area (Å²) in [6, 6.07) is 9.11. The lowest BCUT2D eigenvalue weighted by molar-refractivity contribution is -0.120. The number of carbonyl (C=O) groups excluding carboxylic acids is 1. The van der Waals surface area contributed by atoms with Gasteiger partial charge in [0.25, 0.3) is 10.0 Å². The predicted molar refractivity (Wildman–Crippen MR) is 77.8 cm³/mol. The summed E-state index contributed by atoms with van der Waals surface area (Å²) in [7, 11) is -3.67. The molecule has 112 valence electrons.